The van der Waals surface area contributed by atoms with Gasteiger partial charge in [-0.1, -0.05) is 57.2 Å². The third kappa shape index (κ3) is 5.10. The molecule has 6 nitrogen and oxygen atoms in total. The summed E-state index contributed by atoms with van der Waals surface area (Å²) in [6.07, 6.45) is 4.28. The second kappa shape index (κ2) is 9.69. The van der Waals surface area contributed by atoms with Crippen LogP contribution in [0.4, 0.5) is 5.00 Å². The highest BCUT2D eigenvalue weighted by atomic mass is 32.1. The SMILES string of the molecule is CCOC(=O)c1c(-c2ccc(C(C)(C)C)cc2)csc1NC(=O)[C@H]1CC=CC[C@@H]1C(=O)O. The number of carboxylic acid groups (broad SMARTS) is 1. The van der Waals surface area contributed by atoms with E-state index in [4.69, 9.17) is 4.74 Å². The Morgan fingerprint density at radius 3 is 2.28 bits per heavy atom. The Kier molecular flexibility index (Phi) is 7.19. The van der Waals surface area contributed by atoms with E-state index >= 15 is 0 Å². The van der Waals surface area contributed by atoms with Crippen LogP contribution in [0.2, 0.25) is 0 Å². The molecule has 1 aromatic carbocycles. The Labute approximate surface area is 192 Å². The van der Waals surface area contributed by atoms with Gasteiger partial charge in [-0.2, -0.15) is 0 Å². The summed E-state index contributed by atoms with van der Waals surface area (Å²) in [5, 5.41) is 14.5. The average Bonchev–Trinajstić information content (AvgIpc) is 3.17. The number of carbonyl (C=O) groups is 3. The van der Waals surface area contributed by atoms with E-state index in [1.807, 2.05) is 35.7 Å². The van der Waals surface area contributed by atoms with Crippen molar-refractivity contribution in [3.63, 3.8) is 0 Å². The summed E-state index contributed by atoms with van der Waals surface area (Å²) in [4.78, 5) is 37.4. The fraction of sp³-hybridized carbons (Fsp3) is 0.400. The first-order valence-corrected chi connectivity index (χ1v) is 11.6. The summed E-state index contributed by atoms with van der Waals surface area (Å²) in [5.74, 6) is -3.38. The number of rotatable bonds is 6. The van der Waals surface area contributed by atoms with E-state index in [0.29, 0.717) is 29.0 Å². The first-order chi connectivity index (χ1) is 15.1. The Hall–Kier alpha value is -2.93. The van der Waals surface area contributed by atoms with Crippen LogP contribution in [0.5, 0.6) is 0 Å². The van der Waals surface area contributed by atoms with E-state index in [0.717, 1.165) is 5.56 Å². The molecule has 3 rings (SSSR count). The molecule has 0 bridgehead atoms. The summed E-state index contributed by atoms with van der Waals surface area (Å²) < 4.78 is 5.26. The van der Waals surface area contributed by atoms with Gasteiger partial charge >= 0.3 is 11.9 Å². The van der Waals surface area contributed by atoms with Crippen molar-refractivity contribution in [2.75, 3.05) is 11.9 Å². The molecule has 0 spiro atoms. The lowest BCUT2D eigenvalue weighted by atomic mass is 9.82. The number of hydrogen-bond acceptors (Lipinski definition) is 5. The number of carbonyl (C=O) groups excluding carboxylic acids is 2. The second-order valence-electron chi connectivity index (χ2n) is 8.88. The third-order valence-corrected chi connectivity index (χ3v) is 6.55. The van der Waals surface area contributed by atoms with Gasteiger partial charge in [0.15, 0.2) is 0 Å². The van der Waals surface area contributed by atoms with Crippen LogP contribution in [0.3, 0.4) is 0 Å². The number of nitrogens with one attached hydrogen (secondary N) is 1. The molecule has 1 aliphatic carbocycles. The van der Waals surface area contributed by atoms with Gasteiger partial charge in [0, 0.05) is 10.9 Å². The molecule has 0 unspecified atom stereocenters. The molecule has 2 atom stereocenters. The Morgan fingerprint density at radius 1 is 1.09 bits per heavy atom. The minimum atomic E-state index is -0.995. The number of thiophene rings is 1. The van der Waals surface area contributed by atoms with Gasteiger partial charge in [-0.25, -0.2) is 4.79 Å². The monoisotopic (exact) mass is 455 g/mol. The van der Waals surface area contributed by atoms with Crippen molar-refractivity contribution in [1.29, 1.82) is 0 Å². The van der Waals surface area contributed by atoms with Gasteiger partial charge in [0.25, 0.3) is 0 Å². The molecular formula is C25H29NO5S. The molecule has 1 amide bonds. The standard InChI is InChI=1S/C25H29NO5S/c1-5-31-24(30)20-19(15-10-12-16(13-11-15)25(2,3)4)14-32-22(20)26-21(27)17-8-6-7-9-18(17)23(28)29/h6-7,10-14,17-18H,5,8-9H2,1-4H3,(H,26,27)(H,28,29)/t17-,18-/m0/s1. The Bertz CT molecular complexity index is 1030. The highest BCUT2D eigenvalue weighted by Crippen LogP contribution is 2.38. The molecule has 1 aromatic heterocycles. The number of esters is 1. The number of anilines is 1. The maximum absolute atomic E-state index is 13.0. The fourth-order valence-corrected chi connectivity index (χ4v) is 4.76. The molecule has 0 fully saturated rings. The fourth-order valence-electron chi connectivity index (χ4n) is 3.80. The Balaban J connectivity index is 1.94. The van der Waals surface area contributed by atoms with Gasteiger partial charge in [-0.05, 0) is 36.3 Å². The zero-order valence-corrected chi connectivity index (χ0v) is 19.6. The van der Waals surface area contributed by atoms with Crippen LogP contribution in [0, 0.1) is 11.8 Å². The van der Waals surface area contributed by atoms with Crippen LogP contribution in [0.15, 0.2) is 41.8 Å². The Morgan fingerprint density at radius 2 is 1.72 bits per heavy atom. The van der Waals surface area contributed by atoms with Crippen molar-refractivity contribution in [1.82, 2.24) is 0 Å². The van der Waals surface area contributed by atoms with Crippen molar-refractivity contribution in [3.05, 3.63) is 52.9 Å². The first kappa shape index (κ1) is 23.7. The van der Waals surface area contributed by atoms with Crippen molar-refractivity contribution in [2.45, 2.75) is 46.0 Å². The van der Waals surface area contributed by atoms with Gasteiger partial charge < -0.3 is 15.2 Å². The van der Waals surface area contributed by atoms with Crippen LogP contribution >= 0.6 is 11.3 Å². The number of carboxylic acids is 1. The lowest BCUT2D eigenvalue weighted by Gasteiger charge is -2.24. The molecule has 0 saturated carbocycles. The number of aliphatic carboxylic acids is 1. The minimum Gasteiger partial charge on any atom is -0.481 e. The maximum atomic E-state index is 13.0. The van der Waals surface area contributed by atoms with Crippen LogP contribution in [0.1, 0.15) is 56.5 Å². The molecule has 7 heteroatoms. The van der Waals surface area contributed by atoms with Crippen molar-refractivity contribution in [3.8, 4) is 11.1 Å². The van der Waals surface area contributed by atoms with Crippen LogP contribution < -0.4 is 5.32 Å². The summed E-state index contributed by atoms with van der Waals surface area (Å²) in [5.41, 5.74) is 3.01. The quantitative estimate of drug-likeness (QED) is 0.443. The van der Waals surface area contributed by atoms with Crippen molar-refractivity contribution in [2.24, 2.45) is 11.8 Å². The van der Waals surface area contributed by atoms with E-state index in [9.17, 15) is 19.5 Å². The van der Waals surface area contributed by atoms with E-state index in [-0.39, 0.29) is 12.0 Å². The molecule has 1 heterocycles. The topological polar surface area (TPSA) is 92.7 Å². The minimum absolute atomic E-state index is 0.00536. The molecule has 0 saturated heterocycles. The van der Waals surface area contributed by atoms with E-state index in [1.54, 1.807) is 13.0 Å². The van der Waals surface area contributed by atoms with Gasteiger partial charge in [0.2, 0.25) is 5.91 Å². The van der Waals surface area contributed by atoms with Crippen LogP contribution in [-0.4, -0.2) is 29.6 Å². The maximum Gasteiger partial charge on any atom is 0.341 e. The molecule has 170 valence electrons. The highest BCUT2D eigenvalue weighted by Gasteiger charge is 2.35. The number of allylic oxidation sites excluding steroid dienone is 2. The van der Waals surface area contributed by atoms with Crippen molar-refractivity contribution < 1.29 is 24.2 Å². The smallest absolute Gasteiger partial charge is 0.341 e. The average molecular weight is 456 g/mol. The van der Waals surface area contributed by atoms with Crippen LogP contribution in [-0.2, 0) is 19.7 Å². The second-order valence-corrected chi connectivity index (χ2v) is 9.76. The lowest BCUT2D eigenvalue weighted by molar-refractivity contribution is -0.146. The lowest BCUT2D eigenvalue weighted by Crippen LogP contribution is -2.34. The predicted molar refractivity (Wildman–Crippen MR) is 126 cm³/mol. The molecule has 1 aliphatic rings. The van der Waals surface area contributed by atoms with E-state index in [2.05, 4.69) is 26.1 Å². The zero-order valence-electron chi connectivity index (χ0n) is 18.8. The van der Waals surface area contributed by atoms with E-state index < -0.39 is 29.7 Å². The number of amides is 1. The summed E-state index contributed by atoms with van der Waals surface area (Å²) in [7, 11) is 0. The first-order valence-electron chi connectivity index (χ1n) is 10.7. The molecule has 2 N–H and O–H groups in total. The predicted octanol–water partition coefficient (Wildman–Crippen LogP) is 5.49. The molecule has 32 heavy (non-hydrogen) atoms. The molecule has 0 radical (unpaired) electrons. The number of ether oxygens (including phenoxy) is 1. The summed E-state index contributed by atoms with van der Waals surface area (Å²) in [6, 6.07) is 7.99. The molecular weight excluding hydrogens is 426 g/mol. The van der Waals surface area contributed by atoms with Gasteiger partial charge in [-0.3, -0.25) is 9.59 Å². The van der Waals surface area contributed by atoms with E-state index in [1.165, 1.54) is 16.9 Å². The van der Waals surface area contributed by atoms with Crippen LogP contribution in [0.25, 0.3) is 11.1 Å². The number of benzene rings is 1. The van der Waals surface area contributed by atoms with Gasteiger partial charge in [-0.15, -0.1) is 11.3 Å². The molecule has 2 aromatic rings. The third-order valence-electron chi connectivity index (χ3n) is 5.66. The van der Waals surface area contributed by atoms with Gasteiger partial charge in [0.1, 0.15) is 10.6 Å². The number of hydrogen-bond donors (Lipinski definition) is 2. The summed E-state index contributed by atoms with van der Waals surface area (Å²) >= 11 is 1.24. The van der Waals surface area contributed by atoms with Gasteiger partial charge in [0.05, 0.1) is 18.4 Å². The normalized spacial score (nSPS) is 18.2. The highest BCUT2D eigenvalue weighted by molar-refractivity contribution is 7.15. The summed E-state index contributed by atoms with van der Waals surface area (Å²) in [6.45, 7) is 8.34. The van der Waals surface area contributed by atoms with Crippen molar-refractivity contribution >= 4 is 34.2 Å². The largest absolute Gasteiger partial charge is 0.481 e. The molecule has 0 aliphatic heterocycles. The zero-order chi connectivity index (χ0) is 23.5.